The highest BCUT2D eigenvalue weighted by molar-refractivity contribution is 9.10. The molecule has 0 radical (unpaired) electrons. The van der Waals surface area contributed by atoms with E-state index < -0.39 is 0 Å². The van der Waals surface area contributed by atoms with Crippen molar-refractivity contribution in [3.8, 4) is 5.75 Å². The lowest BCUT2D eigenvalue weighted by atomic mass is 9.92. The van der Waals surface area contributed by atoms with Crippen molar-refractivity contribution in [1.82, 2.24) is 0 Å². The van der Waals surface area contributed by atoms with Crippen molar-refractivity contribution >= 4 is 15.9 Å². The number of ether oxygens (including phenoxy) is 1. The van der Waals surface area contributed by atoms with Gasteiger partial charge >= 0.3 is 0 Å². The predicted molar refractivity (Wildman–Crippen MR) is 85.0 cm³/mol. The first-order valence-electron chi connectivity index (χ1n) is 6.83. The van der Waals surface area contributed by atoms with E-state index in [0.717, 1.165) is 22.2 Å². The Morgan fingerprint density at radius 1 is 1.10 bits per heavy atom. The zero-order chi connectivity index (χ0) is 14.3. The van der Waals surface area contributed by atoms with Crippen molar-refractivity contribution < 1.29 is 4.74 Å². The van der Waals surface area contributed by atoms with E-state index in [9.17, 15) is 0 Å². The van der Waals surface area contributed by atoms with Crippen molar-refractivity contribution in [2.75, 3.05) is 0 Å². The Morgan fingerprint density at radius 2 is 1.80 bits per heavy atom. The third-order valence-electron chi connectivity index (χ3n) is 3.72. The van der Waals surface area contributed by atoms with Gasteiger partial charge in [0.1, 0.15) is 11.9 Å². The van der Waals surface area contributed by atoms with Crippen LogP contribution in [0.15, 0.2) is 40.9 Å². The number of halogens is 1. The summed E-state index contributed by atoms with van der Waals surface area (Å²) in [6.45, 7) is 4.23. The van der Waals surface area contributed by atoms with Gasteiger partial charge in [-0.05, 0) is 37.6 Å². The predicted octanol–water partition coefficient (Wildman–Crippen LogP) is 4.59. The van der Waals surface area contributed by atoms with Crippen LogP contribution in [0.3, 0.4) is 0 Å². The average molecular weight is 332 g/mol. The first kappa shape index (κ1) is 13.7. The third-order valence-corrected chi connectivity index (χ3v) is 4.22. The zero-order valence-electron chi connectivity index (χ0n) is 11.7. The molecule has 2 unspecified atom stereocenters. The van der Waals surface area contributed by atoms with Crippen molar-refractivity contribution in [3.63, 3.8) is 0 Å². The van der Waals surface area contributed by atoms with Gasteiger partial charge in [0, 0.05) is 22.5 Å². The van der Waals surface area contributed by atoms with Gasteiger partial charge in [-0.1, -0.05) is 45.3 Å². The molecule has 0 amide bonds. The van der Waals surface area contributed by atoms with E-state index in [-0.39, 0.29) is 12.1 Å². The highest BCUT2D eigenvalue weighted by atomic mass is 79.9. The van der Waals surface area contributed by atoms with E-state index in [1.54, 1.807) is 0 Å². The molecule has 0 spiro atoms. The molecule has 0 saturated heterocycles. The SMILES string of the molecule is Cc1cc(C)cc(C2CC(N)c3cc(Br)ccc3O2)c1. The van der Waals surface area contributed by atoms with Crippen molar-refractivity contribution in [2.24, 2.45) is 5.73 Å². The Hall–Kier alpha value is -1.32. The minimum absolute atomic E-state index is 0.0158. The molecular formula is C17H18BrNO. The van der Waals surface area contributed by atoms with Crippen LogP contribution in [0.1, 0.15) is 40.8 Å². The fraction of sp³-hybridized carbons (Fsp3) is 0.294. The van der Waals surface area contributed by atoms with Crippen LogP contribution < -0.4 is 10.5 Å². The van der Waals surface area contributed by atoms with E-state index in [1.165, 1.54) is 16.7 Å². The molecule has 1 heterocycles. The molecule has 0 bridgehead atoms. The highest BCUT2D eigenvalue weighted by Crippen LogP contribution is 2.41. The maximum atomic E-state index is 6.32. The van der Waals surface area contributed by atoms with Gasteiger partial charge in [-0.2, -0.15) is 0 Å². The fourth-order valence-corrected chi connectivity index (χ4v) is 3.25. The molecule has 2 N–H and O–H groups in total. The van der Waals surface area contributed by atoms with Gasteiger partial charge in [0.25, 0.3) is 0 Å². The Balaban J connectivity index is 1.96. The second kappa shape index (κ2) is 5.23. The van der Waals surface area contributed by atoms with Crippen molar-refractivity contribution in [2.45, 2.75) is 32.4 Å². The van der Waals surface area contributed by atoms with Gasteiger partial charge in [-0.3, -0.25) is 0 Å². The summed E-state index contributed by atoms with van der Waals surface area (Å²) < 4.78 is 7.19. The summed E-state index contributed by atoms with van der Waals surface area (Å²) in [5.74, 6) is 0.899. The largest absolute Gasteiger partial charge is 0.485 e. The number of aryl methyl sites for hydroxylation is 2. The summed E-state index contributed by atoms with van der Waals surface area (Å²) >= 11 is 3.49. The highest BCUT2D eigenvalue weighted by Gasteiger charge is 2.27. The Morgan fingerprint density at radius 3 is 2.50 bits per heavy atom. The van der Waals surface area contributed by atoms with Gasteiger partial charge in [0.15, 0.2) is 0 Å². The lowest BCUT2D eigenvalue weighted by molar-refractivity contribution is 0.161. The van der Waals surface area contributed by atoms with Gasteiger partial charge in [-0.15, -0.1) is 0 Å². The second-order valence-corrected chi connectivity index (χ2v) is 6.47. The average Bonchev–Trinajstić information content (AvgIpc) is 2.38. The molecule has 3 rings (SSSR count). The van der Waals surface area contributed by atoms with Crippen molar-refractivity contribution in [3.05, 3.63) is 63.1 Å². The Labute approximate surface area is 128 Å². The second-order valence-electron chi connectivity index (χ2n) is 5.55. The van der Waals surface area contributed by atoms with Crippen LogP contribution in [0.4, 0.5) is 0 Å². The third kappa shape index (κ3) is 2.60. The van der Waals surface area contributed by atoms with E-state index in [4.69, 9.17) is 10.5 Å². The molecule has 104 valence electrons. The maximum Gasteiger partial charge on any atom is 0.126 e. The lowest BCUT2D eigenvalue weighted by Gasteiger charge is -2.31. The van der Waals surface area contributed by atoms with Gasteiger partial charge in [-0.25, -0.2) is 0 Å². The summed E-state index contributed by atoms with van der Waals surface area (Å²) in [5.41, 5.74) is 11.1. The maximum absolute atomic E-state index is 6.32. The molecule has 20 heavy (non-hydrogen) atoms. The summed E-state index contributed by atoms with van der Waals surface area (Å²) in [6, 6.07) is 12.6. The molecule has 2 aromatic carbocycles. The first-order chi connectivity index (χ1) is 9.52. The number of fused-ring (bicyclic) bond motifs is 1. The fourth-order valence-electron chi connectivity index (χ4n) is 2.88. The minimum Gasteiger partial charge on any atom is -0.485 e. The topological polar surface area (TPSA) is 35.2 Å². The van der Waals surface area contributed by atoms with Crippen LogP contribution in [0.2, 0.25) is 0 Å². The summed E-state index contributed by atoms with van der Waals surface area (Å²) in [6.07, 6.45) is 0.851. The van der Waals surface area contributed by atoms with Gasteiger partial charge < -0.3 is 10.5 Å². The van der Waals surface area contributed by atoms with Crippen LogP contribution in [0.25, 0.3) is 0 Å². The molecule has 2 aromatic rings. The number of hydrogen-bond acceptors (Lipinski definition) is 2. The lowest BCUT2D eigenvalue weighted by Crippen LogP contribution is -2.24. The van der Waals surface area contributed by atoms with Crippen LogP contribution in [-0.2, 0) is 0 Å². The summed E-state index contributed by atoms with van der Waals surface area (Å²) in [4.78, 5) is 0. The van der Waals surface area contributed by atoms with Crippen LogP contribution in [0, 0.1) is 13.8 Å². The Kier molecular flexibility index (Phi) is 3.57. The van der Waals surface area contributed by atoms with Crippen LogP contribution in [-0.4, -0.2) is 0 Å². The summed E-state index contributed by atoms with van der Waals surface area (Å²) in [5, 5.41) is 0. The van der Waals surface area contributed by atoms with Gasteiger partial charge in [0.2, 0.25) is 0 Å². The molecule has 0 aromatic heterocycles. The number of nitrogens with two attached hydrogens (primary N) is 1. The molecule has 0 aliphatic carbocycles. The number of benzene rings is 2. The first-order valence-corrected chi connectivity index (χ1v) is 7.62. The quantitative estimate of drug-likeness (QED) is 0.829. The standard InChI is InChI=1S/C17H18BrNO/c1-10-5-11(2)7-12(6-10)17-9-15(19)14-8-13(18)3-4-16(14)20-17/h3-8,15,17H,9,19H2,1-2H3. The molecule has 0 saturated carbocycles. The van der Waals surface area contributed by atoms with E-state index in [0.29, 0.717) is 0 Å². The molecule has 1 aliphatic heterocycles. The van der Waals surface area contributed by atoms with E-state index in [1.807, 2.05) is 12.1 Å². The molecule has 3 heteroatoms. The summed E-state index contributed by atoms with van der Waals surface area (Å²) in [7, 11) is 0. The molecular weight excluding hydrogens is 314 g/mol. The van der Waals surface area contributed by atoms with Crippen molar-refractivity contribution in [1.29, 1.82) is 0 Å². The monoisotopic (exact) mass is 331 g/mol. The van der Waals surface area contributed by atoms with Crippen LogP contribution >= 0.6 is 15.9 Å². The normalized spacial score (nSPS) is 21.2. The zero-order valence-corrected chi connectivity index (χ0v) is 13.3. The van der Waals surface area contributed by atoms with Crippen LogP contribution in [0.5, 0.6) is 5.75 Å². The molecule has 2 nitrogen and oxygen atoms in total. The molecule has 0 fully saturated rings. The van der Waals surface area contributed by atoms with Gasteiger partial charge in [0.05, 0.1) is 0 Å². The van der Waals surface area contributed by atoms with E-state index in [2.05, 4.69) is 54.0 Å². The molecule has 1 aliphatic rings. The Bertz CT molecular complexity index is 633. The number of hydrogen-bond donors (Lipinski definition) is 1. The smallest absolute Gasteiger partial charge is 0.126 e. The number of rotatable bonds is 1. The molecule has 2 atom stereocenters. The van der Waals surface area contributed by atoms with E-state index >= 15 is 0 Å². The minimum atomic E-state index is 0.0158.